The van der Waals surface area contributed by atoms with E-state index >= 15 is 0 Å². The first-order valence-corrected chi connectivity index (χ1v) is 5.44. The smallest absolute Gasteiger partial charge is 0.375 e. The van der Waals surface area contributed by atoms with Gasteiger partial charge in [0.15, 0.2) is 11.5 Å². The molecule has 0 aliphatic rings. The summed E-state index contributed by atoms with van der Waals surface area (Å²) >= 11 is 5.83. The highest BCUT2D eigenvalue weighted by molar-refractivity contribution is 6.31. The number of benzene rings is 1. The Labute approximate surface area is 107 Å². The minimum Gasteiger partial charge on any atom is -0.481 e. The van der Waals surface area contributed by atoms with Gasteiger partial charge in [0.25, 0.3) is 5.76 Å². The SMILES string of the molecule is CC(=O)COc1c(C(=O)O)oc2ccc(Cl)cc12. The average molecular weight is 269 g/mol. The number of carboxylic acid groups (broad SMARTS) is 1. The molecule has 0 saturated heterocycles. The molecule has 0 radical (unpaired) electrons. The van der Waals surface area contributed by atoms with Crippen LogP contribution in [0, 0.1) is 0 Å². The number of carboxylic acids is 1. The fourth-order valence-electron chi connectivity index (χ4n) is 1.51. The van der Waals surface area contributed by atoms with Gasteiger partial charge in [-0.1, -0.05) is 11.6 Å². The summed E-state index contributed by atoms with van der Waals surface area (Å²) in [6.07, 6.45) is 0. The summed E-state index contributed by atoms with van der Waals surface area (Å²) < 4.78 is 10.3. The molecule has 18 heavy (non-hydrogen) atoms. The van der Waals surface area contributed by atoms with Crippen LogP contribution in [0.2, 0.25) is 5.02 Å². The third-order valence-corrected chi connectivity index (χ3v) is 2.45. The van der Waals surface area contributed by atoms with Crippen molar-refractivity contribution in [3.05, 3.63) is 29.0 Å². The van der Waals surface area contributed by atoms with Gasteiger partial charge in [-0.05, 0) is 25.1 Å². The molecule has 0 amide bonds. The minimum absolute atomic E-state index is 0.0233. The predicted molar refractivity (Wildman–Crippen MR) is 64.4 cm³/mol. The van der Waals surface area contributed by atoms with E-state index in [0.29, 0.717) is 16.0 Å². The summed E-state index contributed by atoms with van der Waals surface area (Å²) in [5.74, 6) is -1.80. The first-order chi connectivity index (χ1) is 8.49. The Morgan fingerprint density at radius 2 is 2.17 bits per heavy atom. The standard InChI is InChI=1S/C12H9ClO5/c1-6(14)5-17-10-8-4-7(13)2-3-9(8)18-11(10)12(15)16/h2-4H,5H2,1H3,(H,15,16). The van der Waals surface area contributed by atoms with Crippen molar-refractivity contribution in [2.24, 2.45) is 0 Å². The number of aromatic carboxylic acids is 1. The van der Waals surface area contributed by atoms with Crippen molar-refractivity contribution < 1.29 is 23.8 Å². The lowest BCUT2D eigenvalue weighted by molar-refractivity contribution is -0.118. The van der Waals surface area contributed by atoms with E-state index in [-0.39, 0.29) is 23.9 Å². The van der Waals surface area contributed by atoms with Crippen LogP contribution in [-0.4, -0.2) is 23.5 Å². The third-order valence-electron chi connectivity index (χ3n) is 2.22. The topological polar surface area (TPSA) is 76.7 Å². The monoisotopic (exact) mass is 268 g/mol. The largest absolute Gasteiger partial charge is 0.481 e. The van der Waals surface area contributed by atoms with E-state index in [1.54, 1.807) is 12.1 Å². The second-order valence-electron chi connectivity index (χ2n) is 3.70. The molecule has 0 aliphatic carbocycles. The number of Topliss-reactive ketones (excluding diaryl/α,β-unsaturated/α-hetero) is 1. The van der Waals surface area contributed by atoms with E-state index in [1.807, 2.05) is 0 Å². The molecule has 1 N–H and O–H groups in total. The van der Waals surface area contributed by atoms with Gasteiger partial charge in [-0.2, -0.15) is 0 Å². The third kappa shape index (κ3) is 2.31. The van der Waals surface area contributed by atoms with Crippen LogP contribution in [0.25, 0.3) is 11.0 Å². The Balaban J connectivity index is 2.57. The van der Waals surface area contributed by atoms with E-state index in [2.05, 4.69) is 0 Å². The van der Waals surface area contributed by atoms with Crippen LogP contribution in [-0.2, 0) is 4.79 Å². The molecule has 94 valence electrons. The number of ether oxygens (including phenoxy) is 1. The number of hydrogen-bond acceptors (Lipinski definition) is 4. The summed E-state index contributed by atoms with van der Waals surface area (Å²) in [6.45, 7) is 1.12. The van der Waals surface area contributed by atoms with Gasteiger partial charge < -0.3 is 14.3 Å². The highest BCUT2D eigenvalue weighted by Gasteiger charge is 2.22. The lowest BCUT2D eigenvalue weighted by atomic mass is 10.2. The van der Waals surface area contributed by atoms with Gasteiger partial charge in [0.05, 0.1) is 5.39 Å². The molecule has 0 spiro atoms. The van der Waals surface area contributed by atoms with Crippen LogP contribution >= 0.6 is 11.6 Å². The normalized spacial score (nSPS) is 10.6. The number of halogens is 1. The fraction of sp³-hybridized carbons (Fsp3) is 0.167. The lowest BCUT2D eigenvalue weighted by Crippen LogP contribution is -2.08. The van der Waals surface area contributed by atoms with Gasteiger partial charge in [0.2, 0.25) is 0 Å². The molecule has 5 nitrogen and oxygen atoms in total. The van der Waals surface area contributed by atoms with Gasteiger partial charge in [-0.3, -0.25) is 4.79 Å². The zero-order valence-corrected chi connectivity index (χ0v) is 10.2. The maximum atomic E-state index is 11.0. The fourth-order valence-corrected chi connectivity index (χ4v) is 1.68. The van der Waals surface area contributed by atoms with Gasteiger partial charge in [0, 0.05) is 5.02 Å². The first kappa shape index (κ1) is 12.4. The second kappa shape index (κ2) is 4.70. The van der Waals surface area contributed by atoms with Crippen molar-refractivity contribution >= 4 is 34.3 Å². The van der Waals surface area contributed by atoms with Gasteiger partial charge in [-0.15, -0.1) is 0 Å². The molecule has 0 bridgehead atoms. The quantitative estimate of drug-likeness (QED) is 0.922. The zero-order chi connectivity index (χ0) is 13.3. The molecule has 2 aromatic rings. The van der Waals surface area contributed by atoms with Crippen LogP contribution < -0.4 is 4.74 Å². The highest BCUT2D eigenvalue weighted by atomic mass is 35.5. The zero-order valence-electron chi connectivity index (χ0n) is 9.40. The minimum atomic E-state index is -1.26. The van der Waals surface area contributed by atoms with E-state index in [4.69, 9.17) is 25.9 Å². The highest BCUT2D eigenvalue weighted by Crippen LogP contribution is 2.34. The Bertz CT molecular complexity index is 629. The van der Waals surface area contributed by atoms with Crippen molar-refractivity contribution in [1.82, 2.24) is 0 Å². The predicted octanol–water partition coefficient (Wildman–Crippen LogP) is 2.75. The Kier molecular flexibility index (Phi) is 3.25. The van der Waals surface area contributed by atoms with Crippen LogP contribution in [0.1, 0.15) is 17.5 Å². The summed E-state index contributed by atoms with van der Waals surface area (Å²) in [5.41, 5.74) is 0.343. The summed E-state index contributed by atoms with van der Waals surface area (Å²) in [7, 11) is 0. The maximum Gasteiger partial charge on any atom is 0.375 e. The number of ketones is 1. The molecule has 1 aromatic carbocycles. The molecule has 0 unspecified atom stereocenters. The molecule has 0 fully saturated rings. The number of hydrogen-bond donors (Lipinski definition) is 1. The van der Waals surface area contributed by atoms with Crippen molar-refractivity contribution in [1.29, 1.82) is 0 Å². The van der Waals surface area contributed by atoms with Gasteiger partial charge >= 0.3 is 5.97 Å². The Hall–Kier alpha value is -2.01. The number of fused-ring (bicyclic) bond motifs is 1. The maximum absolute atomic E-state index is 11.0. The van der Waals surface area contributed by atoms with Crippen LogP contribution in [0.3, 0.4) is 0 Å². The Morgan fingerprint density at radius 1 is 1.44 bits per heavy atom. The number of rotatable bonds is 4. The Morgan fingerprint density at radius 3 is 2.78 bits per heavy atom. The van der Waals surface area contributed by atoms with E-state index in [9.17, 15) is 9.59 Å². The van der Waals surface area contributed by atoms with Gasteiger partial charge in [-0.25, -0.2) is 4.79 Å². The van der Waals surface area contributed by atoms with E-state index in [1.165, 1.54) is 13.0 Å². The molecule has 0 saturated carbocycles. The molecule has 2 rings (SSSR count). The molecule has 0 aliphatic heterocycles. The van der Waals surface area contributed by atoms with Crippen LogP contribution in [0.5, 0.6) is 5.75 Å². The van der Waals surface area contributed by atoms with Crippen molar-refractivity contribution in [3.8, 4) is 5.75 Å². The number of furan rings is 1. The molecule has 6 heteroatoms. The lowest BCUT2D eigenvalue weighted by Gasteiger charge is -2.02. The van der Waals surface area contributed by atoms with Crippen molar-refractivity contribution in [3.63, 3.8) is 0 Å². The molecular formula is C12H9ClO5. The van der Waals surface area contributed by atoms with E-state index in [0.717, 1.165) is 0 Å². The second-order valence-corrected chi connectivity index (χ2v) is 4.13. The molecule has 0 atom stereocenters. The molecule has 1 aromatic heterocycles. The average Bonchev–Trinajstić information content (AvgIpc) is 2.64. The summed E-state index contributed by atoms with van der Waals surface area (Å²) in [5, 5.41) is 9.87. The van der Waals surface area contributed by atoms with Crippen molar-refractivity contribution in [2.75, 3.05) is 6.61 Å². The van der Waals surface area contributed by atoms with Crippen LogP contribution in [0.15, 0.2) is 22.6 Å². The van der Waals surface area contributed by atoms with Crippen molar-refractivity contribution in [2.45, 2.75) is 6.92 Å². The first-order valence-electron chi connectivity index (χ1n) is 5.06. The molecule has 1 heterocycles. The number of carbonyl (C=O) groups is 2. The summed E-state index contributed by atoms with van der Waals surface area (Å²) in [6, 6.07) is 4.65. The van der Waals surface area contributed by atoms with E-state index < -0.39 is 5.97 Å². The van der Waals surface area contributed by atoms with Crippen LogP contribution in [0.4, 0.5) is 0 Å². The summed E-state index contributed by atoms with van der Waals surface area (Å²) in [4.78, 5) is 21.9. The number of carbonyl (C=O) groups excluding carboxylic acids is 1. The molecular weight excluding hydrogens is 260 g/mol. The van der Waals surface area contributed by atoms with Gasteiger partial charge in [0.1, 0.15) is 12.2 Å².